The zero-order valence-corrected chi connectivity index (χ0v) is 23.4. The van der Waals surface area contributed by atoms with Crippen LogP contribution in [0, 0.1) is 6.92 Å². The summed E-state index contributed by atoms with van der Waals surface area (Å²) in [5.74, 6) is -0.277. The van der Waals surface area contributed by atoms with Crippen LogP contribution in [0.4, 0.5) is 0 Å². The number of ether oxygens (including phenoxy) is 1. The van der Waals surface area contributed by atoms with Gasteiger partial charge in [-0.05, 0) is 36.6 Å². The molecule has 2 aromatic carbocycles. The maximum absolute atomic E-state index is 13.9. The van der Waals surface area contributed by atoms with Crippen LogP contribution in [-0.4, -0.2) is 72.5 Å². The Labute approximate surface area is 230 Å². The second-order valence-corrected chi connectivity index (χ2v) is 11.2. The highest BCUT2D eigenvalue weighted by Gasteiger charge is 2.28. The van der Waals surface area contributed by atoms with Crippen LogP contribution in [-0.2, 0) is 27.4 Å². The maximum Gasteiger partial charge on any atom is 0.242 e. The van der Waals surface area contributed by atoms with Gasteiger partial charge < -0.3 is 14.5 Å². The number of rotatable bonds is 12. The van der Waals surface area contributed by atoms with Crippen LogP contribution in [0.25, 0.3) is 0 Å². The Morgan fingerprint density at radius 3 is 2.24 bits per heavy atom. The van der Waals surface area contributed by atoms with Crippen molar-refractivity contribution >= 4 is 23.2 Å². The van der Waals surface area contributed by atoms with Crippen molar-refractivity contribution in [3.05, 3.63) is 93.7 Å². The number of benzene rings is 2. The van der Waals surface area contributed by atoms with E-state index in [2.05, 4.69) is 24.0 Å². The van der Waals surface area contributed by atoms with Gasteiger partial charge in [-0.25, -0.2) is 0 Å². The fraction of sp³-hybridized carbons (Fsp3) is 0.419. The molecule has 1 aliphatic heterocycles. The quantitative estimate of drug-likeness (QED) is 0.331. The molecule has 1 aliphatic rings. The van der Waals surface area contributed by atoms with Gasteiger partial charge in [0.2, 0.25) is 11.8 Å². The number of nitrogens with zero attached hydrogens (tertiary/aromatic N) is 3. The van der Waals surface area contributed by atoms with E-state index >= 15 is 0 Å². The zero-order valence-electron chi connectivity index (χ0n) is 22.6. The average molecular weight is 534 g/mol. The van der Waals surface area contributed by atoms with Gasteiger partial charge in [-0.2, -0.15) is 0 Å². The van der Waals surface area contributed by atoms with E-state index in [-0.39, 0.29) is 24.3 Å². The van der Waals surface area contributed by atoms with Crippen molar-refractivity contribution in [1.29, 1.82) is 0 Å². The van der Waals surface area contributed by atoms with E-state index in [9.17, 15) is 9.59 Å². The van der Waals surface area contributed by atoms with Crippen molar-refractivity contribution in [3.63, 3.8) is 0 Å². The lowest BCUT2D eigenvalue weighted by Gasteiger charge is -2.33. The first-order valence-electron chi connectivity index (χ1n) is 13.5. The summed E-state index contributed by atoms with van der Waals surface area (Å²) < 4.78 is 5.50. The lowest BCUT2D eigenvalue weighted by Crippen LogP contribution is -2.48. The number of hydrogen-bond acceptors (Lipinski definition) is 5. The van der Waals surface area contributed by atoms with Crippen molar-refractivity contribution in [2.45, 2.75) is 39.3 Å². The van der Waals surface area contributed by atoms with Crippen molar-refractivity contribution in [1.82, 2.24) is 14.7 Å². The van der Waals surface area contributed by atoms with Crippen LogP contribution in [0.2, 0.25) is 0 Å². The first-order valence-corrected chi connectivity index (χ1v) is 14.4. The third-order valence-corrected chi connectivity index (χ3v) is 8.03. The van der Waals surface area contributed by atoms with E-state index in [0.29, 0.717) is 39.3 Å². The van der Waals surface area contributed by atoms with Gasteiger partial charge in [-0.3, -0.25) is 14.5 Å². The summed E-state index contributed by atoms with van der Waals surface area (Å²) >= 11 is 1.71. The molecule has 1 saturated heterocycles. The van der Waals surface area contributed by atoms with Crippen molar-refractivity contribution in [2.24, 2.45) is 0 Å². The predicted octanol–water partition coefficient (Wildman–Crippen LogP) is 4.94. The smallest absolute Gasteiger partial charge is 0.242 e. The topological polar surface area (TPSA) is 53.1 Å². The number of morpholine rings is 1. The lowest BCUT2D eigenvalue weighted by atomic mass is 9.95. The van der Waals surface area contributed by atoms with Gasteiger partial charge in [0, 0.05) is 42.5 Å². The largest absolute Gasteiger partial charge is 0.379 e. The number of hydrogen-bond donors (Lipinski definition) is 0. The minimum absolute atomic E-state index is 0.0203. The van der Waals surface area contributed by atoms with Gasteiger partial charge in [-0.1, -0.05) is 67.6 Å². The second kappa shape index (κ2) is 14.2. The molecular formula is C31H39N3O3S. The summed E-state index contributed by atoms with van der Waals surface area (Å²) in [4.78, 5) is 36.2. The number of carbonyl (C=O) groups is 2. The van der Waals surface area contributed by atoms with Gasteiger partial charge >= 0.3 is 0 Å². The molecule has 4 rings (SSSR count). The summed E-state index contributed by atoms with van der Waals surface area (Å²) in [5.41, 5.74) is 2.08. The molecule has 0 saturated carbocycles. The van der Waals surface area contributed by atoms with Crippen LogP contribution in [0.15, 0.2) is 72.8 Å². The van der Waals surface area contributed by atoms with E-state index in [4.69, 9.17) is 4.74 Å². The zero-order chi connectivity index (χ0) is 26.7. The molecule has 7 heteroatoms. The van der Waals surface area contributed by atoms with Crippen LogP contribution in [0.5, 0.6) is 0 Å². The van der Waals surface area contributed by atoms with Crippen LogP contribution in [0.3, 0.4) is 0 Å². The maximum atomic E-state index is 13.9. The predicted molar refractivity (Wildman–Crippen MR) is 153 cm³/mol. The van der Waals surface area contributed by atoms with Crippen LogP contribution in [0.1, 0.15) is 40.1 Å². The number of aryl methyl sites for hydroxylation is 1. The minimum Gasteiger partial charge on any atom is -0.379 e. The third-order valence-electron chi connectivity index (χ3n) is 7.05. The van der Waals surface area contributed by atoms with Gasteiger partial charge in [0.15, 0.2) is 0 Å². The summed E-state index contributed by atoms with van der Waals surface area (Å²) in [5, 5.41) is 0. The molecule has 3 aromatic rings. The Morgan fingerprint density at radius 2 is 1.61 bits per heavy atom. The van der Waals surface area contributed by atoms with Gasteiger partial charge in [0.25, 0.3) is 0 Å². The summed E-state index contributed by atoms with van der Waals surface area (Å²) in [6.07, 6.45) is 0.688. The molecule has 1 fully saturated rings. The van der Waals surface area contributed by atoms with Crippen molar-refractivity contribution in [3.8, 4) is 0 Å². The molecule has 0 radical (unpaired) electrons. The summed E-state index contributed by atoms with van der Waals surface area (Å²) in [6, 6.07) is 24.2. The molecule has 1 aromatic heterocycles. The fourth-order valence-electron chi connectivity index (χ4n) is 4.87. The molecular weight excluding hydrogens is 494 g/mol. The van der Waals surface area contributed by atoms with Crippen molar-refractivity contribution < 1.29 is 14.3 Å². The average Bonchev–Trinajstić information content (AvgIpc) is 3.37. The van der Waals surface area contributed by atoms with Gasteiger partial charge in [0.05, 0.1) is 32.2 Å². The molecule has 0 N–H and O–H groups in total. The van der Waals surface area contributed by atoms with E-state index in [1.165, 1.54) is 4.88 Å². The normalized spacial score (nSPS) is 14.7. The Bertz CT molecular complexity index is 1150. The highest BCUT2D eigenvalue weighted by atomic mass is 32.1. The van der Waals surface area contributed by atoms with E-state index in [0.717, 1.165) is 35.6 Å². The Hall–Kier alpha value is -3.00. The highest BCUT2D eigenvalue weighted by Crippen LogP contribution is 2.23. The number of thiophene rings is 1. The molecule has 1 atom stereocenters. The Balaban J connectivity index is 1.54. The first-order chi connectivity index (χ1) is 18.5. The SMILES string of the molecule is CCC(C(=O)N(CCN1CCOCC1)CC(=O)N(Cc1ccccc1)Cc1ccc(C)s1)c1ccccc1. The molecule has 0 bridgehead atoms. The molecule has 0 spiro atoms. The van der Waals surface area contributed by atoms with E-state index in [1.807, 2.05) is 72.5 Å². The summed E-state index contributed by atoms with van der Waals surface area (Å²) in [7, 11) is 0. The standard InChI is InChI=1S/C31H39N3O3S/c1-3-29(27-12-8-5-9-13-27)31(36)33(17-16-32-18-20-37-21-19-32)24-30(35)34(22-26-10-6-4-7-11-26)23-28-15-14-25(2)38-28/h4-15,29H,3,16-24H2,1-2H3. The van der Waals surface area contributed by atoms with E-state index in [1.54, 1.807) is 16.2 Å². The van der Waals surface area contributed by atoms with Gasteiger partial charge in [0.1, 0.15) is 0 Å². The van der Waals surface area contributed by atoms with Crippen LogP contribution < -0.4 is 0 Å². The molecule has 38 heavy (non-hydrogen) atoms. The molecule has 2 heterocycles. The molecule has 6 nitrogen and oxygen atoms in total. The molecule has 202 valence electrons. The fourth-order valence-corrected chi connectivity index (χ4v) is 5.78. The van der Waals surface area contributed by atoms with Crippen LogP contribution >= 0.6 is 11.3 Å². The third kappa shape index (κ3) is 8.00. The highest BCUT2D eigenvalue weighted by molar-refractivity contribution is 7.11. The number of carbonyl (C=O) groups excluding carboxylic acids is 2. The lowest BCUT2D eigenvalue weighted by molar-refractivity contribution is -0.142. The monoisotopic (exact) mass is 533 g/mol. The number of amides is 2. The first kappa shape index (κ1) is 28.0. The molecule has 2 amide bonds. The molecule has 1 unspecified atom stereocenters. The van der Waals surface area contributed by atoms with E-state index < -0.39 is 0 Å². The summed E-state index contributed by atoms with van der Waals surface area (Å²) in [6.45, 7) is 9.61. The molecule has 0 aliphatic carbocycles. The van der Waals surface area contributed by atoms with Crippen molar-refractivity contribution in [2.75, 3.05) is 45.9 Å². The minimum atomic E-state index is -0.267. The second-order valence-electron chi connectivity index (χ2n) is 9.83. The Morgan fingerprint density at radius 1 is 0.921 bits per heavy atom. The Kier molecular flexibility index (Phi) is 10.5. The van der Waals surface area contributed by atoms with Gasteiger partial charge in [-0.15, -0.1) is 11.3 Å².